The number of thiophene rings is 1. The van der Waals surface area contributed by atoms with Crippen molar-refractivity contribution in [3.63, 3.8) is 0 Å². The zero-order chi connectivity index (χ0) is 22.9. The summed E-state index contributed by atoms with van der Waals surface area (Å²) >= 11 is 7.50. The molecule has 2 aromatic heterocycles. The minimum absolute atomic E-state index is 0.325. The third-order valence-corrected chi connectivity index (χ3v) is 6.49. The molecule has 0 unspecified atom stereocenters. The Bertz CT molecular complexity index is 1500. The van der Waals surface area contributed by atoms with E-state index < -0.39 is 5.91 Å². The number of hydrogen-bond donors (Lipinski definition) is 1. The number of carbonyl (C=O) groups excluding carboxylic acids is 1. The smallest absolute Gasteiger partial charge is 0.281 e. The van der Waals surface area contributed by atoms with E-state index in [1.54, 1.807) is 18.2 Å². The van der Waals surface area contributed by atoms with Gasteiger partial charge in [-0.25, -0.2) is 9.66 Å². The number of amides is 1. The van der Waals surface area contributed by atoms with Gasteiger partial charge < -0.3 is 4.74 Å². The van der Waals surface area contributed by atoms with Gasteiger partial charge in [0.2, 0.25) is 0 Å². The van der Waals surface area contributed by atoms with Crippen molar-refractivity contribution in [2.75, 3.05) is 12.0 Å². The lowest BCUT2D eigenvalue weighted by Gasteiger charge is -2.16. The van der Waals surface area contributed by atoms with E-state index in [4.69, 9.17) is 16.3 Å². The van der Waals surface area contributed by atoms with E-state index in [1.807, 2.05) is 49.4 Å². The highest BCUT2D eigenvalue weighted by molar-refractivity contribution is 7.19. The van der Waals surface area contributed by atoms with E-state index in [9.17, 15) is 9.59 Å². The third-order valence-electron chi connectivity index (χ3n) is 5.24. The molecule has 0 radical (unpaired) electrons. The summed E-state index contributed by atoms with van der Waals surface area (Å²) in [5, 5.41) is 1.10. The maximum atomic E-state index is 13.2. The van der Waals surface area contributed by atoms with Crippen LogP contribution in [0.2, 0.25) is 5.02 Å². The number of rotatable bonds is 4. The number of nitrogens with zero attached hydrogens (tertiary/aromatic N) is 2. The van der Waals surface area contributed by atoms with Crippen LogP contribution in [0.5, 0.6) is 5.75 Å². The highest BCUT2D eigenvalue weighted by atomic mass is 35.5. The van der Waals surface area contributed by atoms with E-state index in [0.29, 0.717) is 21.8 Å². The predicted molar refractivity (Wildman–Crippen MR) is 132 cm³/mol. The van der Waals surface area contributed by atoms with Crippen LogP contribution in [0.4, 0.5) is 0 Å². The fraction of sp³-hybridized carbons (Fsp3) is 0.0800. The number of fused-ring (bicyclic) bond motifs is 2. The van der Waals surface area contributed by atoms with Gasteiger partial charge in [0.05, 0.1) is 5.39 Å². The van der Waals surface area contributed by atoms with Crippen LogP contribution in [-0.4, -0.2) is 22.2 Å². The quantitative estimate of drug-likeness (QED) is 0.412. The van der Waals surface area contributed by atoms with Crippen LogP contribution in [0, 0.1) is 6.92 Å². The maximum Gasteiger partial charge on any atom is 0.281 e. The van der Waals surface area contributed by atoms with Gasteiger partial charge in [-0.1, -0.05) is 48.0 Å². The molecule has 0 saturated carbocycles. The van der Waals surface area contributed by atoms with Crippen molar-refractivity contribution in [2.24, 2.45) is 0 Å². The zero-order valence-electron chi connectivity index (χ0n) is 17.5. The summed E-state index contributed by atoms with van der Waals surface area (Å²) in [5.74, 6) is 0.288. The molecule has 1 amide bonds. The van der Waals surface area contributed by atoms with Crippen LogP contribution >= 0.6 is 22.9 Å². The number of ether oxygens (including phenoxy) is 1. The Hall–Kier alpha value is -3.68. The summed E-state index contributed by atoms with van der Waals surface area (Å²) in [6, 6.07) is 15.1. The Balaban J connectivity index is 1.41. The molecule has 3 heterocycles. The van der Waals surface area contributed by atoms with Gasteiger partial charge in [0.15, 0.2) is 0 Å². The Kier molecular flexibility index (Phi) is 5.58. The van der Waals surface area contributed by atoms with Crippen molar-refractivity contribution in [1.29, 1.82) is 0 Å². The molecule has 1 aliphatic rings. The van der Waals surface area contributed by atoms with Gasteiger partial charge in [-0.3, -0.25) is 15.0 Å². The fourth-order valence-electron chi connectivity index (χ4n) is 3.74. The monoisotopic (exact) mass is 475 g/mol. The second-order valence-electron chi connectivity index (χ2n) is 7.50. The van der Waals surface area contributed by atoms with Gasteiger partial charge in [0.25, 0.3) is 11.5 Å². The van der Waals surface area contributed by atoms with E-state index in [0.717, 1.165) is 37.6 Å². The van der Waals surface area contributed by atoms with Crippen molar-refractivity contribution in [3.8, 4) is 16.9 Å². The average Bonchev–Trinajstić information content (AvgIpc) is 3.16. The summed E-state index contributed by atoms with van der Waals surface area (Å²) in [7, 11) is 0. The first-order chi connectivity index (χ1) is 16.0. The van der Waals surface area contributed by atoms with Crippen LogP contribution < -0.4 is 15.7 Å². The number of nitrogens with one attached hydrogen (secondary N) is 1. The van der Waals surface area contributed by atoms with Gasteiger partial charge in [-0.15, -0.1) is 11.3 Å². The Morgan fingerprint density at radius 3 is 2.88 bits per heavy atom. The van der Waals surface area contributed by atoms with Crippen molar-refractivity contribution in [3.05, 3.63) is 98.4 Å². The highest BCUT2D eigenvalue weighted by Crippen LogP contribution is 2.35. The first-order valence-electron chi connectivity index (χ1n) is 10.2. The van der Waals surface area contributed by atoms with E-state index in [2.05, 4.69) is 10.4 Å². The third kappa shape index (κ3) is 4.20. The molecule has 33 heavy (non-hydrogen) atoms. The lowest BCUT2D eigenvalue weighted by Crippen LogP contribution is -2.32. The van der Waals surface area contributed by atoms with Gasteiger partial charge in [-0.05, 0) is 42.3 Å². The lowest BCUT2D eigenvalue weighted by molar-refractivity contribution is -0.112. The maximum absolute atomic E-state index is 13.2. The molecule has 1 N–H and O–H groups in total. The Morgan fingerprint density at radius 1 is 1.24 bits per heavy atom. The molecule has 0 saturated heterocycles. The molecule has 8 heteroatoms. The van der Waals surface area contributed by atoms with E-state index >= 15 is 0 Å². The molecule has 164 valence electrons. The molecule has 0 aliphatic carbocycles. The second kappa shape index (κ2) is 8.69. The molecule has 6 nitrogen and oxygen atoms in total. The minimum Gasteiger partial charge on any atom is -0.488 e. The Morgan fingerprint density at radius 2 is 2.06 bits per heavy atom. The van der Waals surface area contributed by atoms with E-state index in [-0.39, 0.29) is 5.56 Å². The van der Waals surface area contributed by atoms with Crippen molar-refractivity contribution >= 4 is 45.1 Å². The van der Waals surface area contributed by atoms with E-state index in [1.165, 1.54) is 23.7 Å². The minimum atomic E-state index is -0.454. The summed E-state index contributed by atoms with van der Waals surface area (Å²) in [4.78, 5) is 31.7. The molecule has 0 spiro atoms. The molecular weight excluding hydrogens is 458 g/mol. The van der Waals surface area contributed by atoms with Crippen LogP contribution in [0.3, 0.4) is 0 Å². The molecular formula is C25H18ClN3O3S. The predicted octanol–water partition coefficient (Wildman–Crippen LogP) is 5.19. The SMILES string of the molecule is Cc1sc2ncn(NC(=O)/C=C/C3=Cc4cc(Cl)ccc4OC3)c(=O)c2c1-c1ccccc1. The fourth-order valence-corrected chi connectivity index (χ4v) is 4.92. The number of benzene rings is 2. The largest absolute Gasteiger partial charge is 0.488 e. The van der Waals surface area contributed by atoms with Crippen LogP contribution in [0.1, 0.15) is 10.4 Å². The number of aromatic nitrogens is 2. The molecule has 0 bridgehead atoms. The average molecular weight is 476 g/mol. The first-order valence-corrected chi connectivity index (χ1v) is 11.4. The van der Waals surface area contributed by atoms with Crippen molar-refractivity contribution < 1.29 is 9.53 Å². The van der Waals surface area contributed by atoms with Gasteiger partial charge >= 0.3 is 0 Å². The topological polar surface area (TPSA) is 73.2 Å². The number of carbonyl (C=O) groups is 1. The summed E-state index contributed by atoms with van der Waals surface area (Å²) in [6.45, 7) is 2.30. The van der Waals surface area contributed by atoms with Crippen LogP contribution in [-0.2, 0) is 4.79 Å². The van der Waals surface area contributed by atoms with Gasteiger partial charge in [0, 0.05) is 27.1 Å². The molecule has 0 fully saturated rings. The standard InChI is InChI=1S/C25H18ClN3O3S/c1-15-22(17-5-3-2-4-6-17)23-24(33-15)27-14-29(25(23)31)28-21(30)10-7-16-11-18-12-19(26)8-9-20(18)32-13-16/h2-12,14H,13H2,1H3,(H,28,30)/b10-7+. The normalized spacial score (nSPS) is 13.0. The first kappa shape index (κ1) is 21.2. The highest BCUT2D eigenvalue weighted by Gasteiger charge is 2.17. The molecule has 0 atom stereocenters. The summed E-state index contributed by atoms with van der Waals surface area (Å²) in [5.41, 5.74) is 5.70. The second-order valence-corrected chi connectivity index (χ2v) is 9.14. The van der Waals surface area contributed by atoms with Crippen LogP contribution in [0.25, 0.3) is 27.4 Å². The number of hydrogen-bond acceptors (Lipinski definition) is 5. The Labute approximate surface area is 198 Å². The molecule has 5 rings (SSSR count). The summed E-state index contributed by atoms with van der Waals surface area (Å²) < 4.78 is 6.81. The van der Waals surface area contributed by atoms with Gasteiger partial charge in [0.1, 0.15) is 23.5 Å². The zero-order valence-corrected chi connectivity index (χ0v) is 19.1. The lowest BCUT2D eigenvalue weighted by atomic mass is 10.0. The molecule has 2 aromatic carbocycles. The van der Waals surface area contributed by atoms with Gasteiger partial charge in [-0.2, -0.15) is 0 Å². The van der Waals surface area contributed by atoms with Crippen molar-refractivity contribution in [1.82, 2.24) is 9.66 Å². The molecule has 1 aliphatic heterocycles. The number of aryl methyl sites for hydroxylation is 1. The van der Waals surface area contributed by atoms with Crippen molar-refractivity contribution in [2.45, 2.75) is 6.92 Å². The van der Waals surface area contributed by atoms with Crippen LogP contribution in [0.15, 0.2) is 77.4 Å². The summed E-state index contributed by atoms with van der Waals surface area (Å²) in [6.07, 6.45) is 6.26. The number of halogens is 1. The molecule has 4 aromatic rings.